The van der Waals surface area contributed by atoms with Crippen LogP contribution in [0.5, 0.6) is 0 Å². The number of aromatic nitrogens is 1. The first-order chi connectivity index (χ1) is 8.16. The number of hydrogen-bond acceptors (Lipinski definition) is 2. The fourth-order valence-electron chi connectivity index (χ4n) is 1.38. The lowest BCUT2D eigenvalue weighted by Gasteiger charge is -2.06. The van der Waals surface area contributed by atoms with E-state index in [0.29, 0.717) is 5.56 Å². The van der Waals surface area contributed by atoms with Gasteiger partial charge in [0.05, 0.1) is 5.69 Å². The first-order valence-electron chi connectivity index (χ1n) is 4.94. The number of anilines is 1. The van der Waals surface area contributed by atoms with E-state index in [1.807, 2.05) is 0 Å². The first kappa shape index (κ1) is 11.4. The zero-order valence-corrected chi connectivity index (χ0v) is 8.75. The van der Waals surface area contributed by atoms with Crippen molar-refractivity contribution >= 4 is 5.69 Å². The molecule has 0 bridgehead atoms. The maximum atomic E-state index is 12.9. The van der Waals surface area contributed by atoms with Gasteiger partial charge < -0.3 is 5.32 Å². The molecule has 2 rings (SSSR count). The molecule has 0 radical (unpaired) electrons. The Bertz CT molecular complexity index is 491. The summed E-state index contributed by atoms with van der Waals surface area (Å²) in [6.07, 6.45) is 3.19. The van der Waals surface area contributed by atoms with Crippen molar-refractivity contribution in [3.05, 3.63) is 59.7 Å². The molecule has 0 aliphatic carbocycles. The second-order valence-electron chi connectivity index (χ2n) is 3.47. The highest BCUT2D eigenvalue weighted by molar-refractivity contribution is 5.40. The first-order valence-corrected chi connectivity index (χ1v) is 4.94. The van der Waals surface area contributed by atoms with Gasteiger partial charge in [-0.25, -0.2) is 13.2 Å². The monoisotopic (exact) mass is 238 g/mol. The summed E-state index contributed by atoms with van der Waals surface area (Å²) in [5, 5.41) is 2.92. The van der Waals surface area contributed by atoms with Crippen LogP contribution in [0.1, 0.15) is 5.56 Å². The predicted octanol–water partition coefficient (Wildman–Crippen LogP) is 3.11. The third-order valence-corrected chi connectivity index (χ3v) is 2.20. The summed E-state index contributed by atoms with van der Waals surface area (Å²) >= 11 is 0. The van der Waals surface area contributed by atoms with Crippen LogP contribution in [-0.4, -0.2) is 4.98 Å². The van der Waals surface area contributed by atoms with Crippen molar-refractivity contribution in [2.24, 2.45) is 0 Å². The van der Waals surface area contributed by atoms with Crippen molar-refractivity contribution in [3.63, 3.8) is 0 Å². The molecule has 0 amide bonds. The summed E-state index contributed by atoms with van der Waals surface area (Å²) < 4.78 is 38.5. The van der Waals surface area contributed by atoms with Crippen LogP contribution in [0, 0.1) is 17.5 Å². The van der Waals surface area contributed by atoms with Gasteiger partial charge in [0, 0.05) is 18.9 Å². The van der Waals surface area contributed by atoms with Gasteiger partial charge in [-0.05, 0) is 29.8 Å². The van der Waals surface area contributed by atoms with E-state index >= 15 is 0 Å². The number of benzene rings is 1. The summed E-state index contributed by atoms with van der Waals surface area (Å²) in [7, 11) is 0. The Morgan fingerprint density at radius 2 is 1.82 bits per heavy atom. The van der Waals surface area contributed by atoms with Gasteiger partial charge in [0.15, 0.2) is 17.5 Å². The van der Waals surface area contributed by atoms with Crippen LogP contribution in [0.2, 0.25) is 0 Å². The molecule has 0 atom stereocenters. The van der Waals surface area contributed by atoms with E-state index in [9.17, 15) is 13.2 Å². The van der Waals surface area contributed by atoms with Crippen molar-refractivity contribution in [1.82, 2.24) is 4.98 Å². The average molecular weight is 238 g/mol. The van der Waals surface area contributed by atoms with Crippen LogP contribution >= 0.6 is 0 Å². The molecular formula is C12H9F3N2. The van der Waals surface area contributed by atoms with Gasteiger partial charge in [0.1, 0.15) is 0 Å². The van der Waals surface area contributed by atoms with E-state index < -0.39 is 17.5 Å². The molecule has 88 valence electrons. The number of pyridine rings is 1. The van der Waals surface area contributed by atoms with E-state index in [4.69, 9.17) is 0 Å². The summed E-state index contributed by atoms with van der Waals surface area (Å²) in [6, 6.07) is 5.42. The molecule has 1 heterocycles. The van der Waals surface area contributed by atoms with E-state index in [1.54, 1.807) is 24.5 Å². The molecule has 2 nitrogen and oxygen atoms in total. The van der Waals surface area contributed by atoms with Crippen molar-refractivity contribution < 1.29 is 13.2 Å². The van der Waals surface area contributed by atoms with Crippen LogP contribution in [0.15, 0.2) is 36.7 Å². The Balaban J connectivity index is 2.10. The van der Waals surface area contributed by atoms with Crippen molar-refractivity contribution in [2.75, 3.05) is 5.32 Å². The number of nitrogens with one attached hydrogen (secondary N) is 1. The third kappa shape index (κ3) is 2.75. The molecule has 0 fully saturated rings. The summed E-state index contributed by atoms with van der Waals surface area (Å²) in [6.45, 7) is 0.194. The summed E-state index contributed by atoms with van der Waals surface area (Å²) in [5.41, 5.74) is 1.04. The van der Waals surface area contributed by atoms with Crippen LogP contribution in [-0.2, 0) is 6.54 Å². The molecule has 0 aliphatic heterocycles. The molecule has 0 unspecified atom stereocenters. The number of hydrogen-bond donors (Lipinski definition) is 1. The molecule has 1 aromatic heterocycles. The fourth-order valence-corrected chi connectivity index (χ4v) is 1.38. The molecule has 5 heteroatoms. The van der Waals surface area contributed by atoms with Gasteiger partial charge in [-0.3, -0.25) is 4.98 Å². The lowest BCUT2D eigenvalue weighted by Crippen LogP contribution is -2.02. The average Bonchev–Trinajstić information content (AvgIpc) is 2.34. The topological polar surface area (TPSA) is 24.9 Å². The van der Waals surface area contributed by atoms with Crippen LogP contribution in [0.25, 0.3) is 0 Å². The highest BCUT2D eigenvalue weighted by atomic mass is 19.2. The van der Waals surface area contributed by atoms with Crippen molar-refractivity contribution in [2.45, 2.75) is 6.54 Å². The van der Waals surface area contributed by atoms with Gasteiger partial charge >= 0.3 is 0 Å². The quantitative estimate of drug-likeness (QED) is 0.831. The second-order valence-corrected chi connectivity index (χ2v) is 3.47. The molecule has 1 aromatic carbocycles. The van der Waals surface area contributed by atoms with Gasteiger partial charge in [0.25, 0.3) is 0 Å². The molecule has 2 aromatic rings. The minimum Gasteiger partial charge on any atom is -0.380 e. The normalized spacial score (nSPS) is 10.3. The minimum absolute atomic E-state index is 0.194. The number of nitrogens with zero attached hydrogens (tertiary/aromatic N) is 1. The number of rotatable bonds is 3. The van der Waals surface area contributed by atoms with Crippen LogP contribution in [0.4, 0.5) is 18.9 Å². The zero-order valence-electron chi connectivity index (χ0n) is 8.75. The highest BCUT2D eigenvalue weighted by Gasteiger charge is 2.10. The largest absolute Gasteiger partial charge is 0.380 e. The summed E-state index contributed by atoms with van der Waals surface area (Å²) in [5.74, 6) is -3.82. The van der Waals surface area contributed by atoms with Crippen molar-refractivity contribution in [3.8, 4) is 0 Å². The molecule has 0 saturated heterocycles. The smallest absolute Gasteiger partial charge is 0.194 e. The molecule has 1 N–H and O–H groups in total. The zero-order chi connectivity index (χ0) is 12.3. The maximum absolute atomic E-state index is 12.9. The predicted molar refractivity (Wildman–Crippen MR) is 57.9 cm³/mol. The van der Waals surface area contributed by atoms with E-state index in [2.05, 4.69) is 10.3 Å². The lowest BCUT2D eigenvalue weighted by atomic mass is 10.2. The highest BCUT2D eigenvalue weighted by Crippen LogP contribution is 2.14. The minimum atomic E-state index is -1.45. The Labute approximate surface area is 96.1 Å². The molecular weight excluding hydrogens is 229 g/mol. The van der Waals surface area contributed by atoms with Crippen molar-refractivity contribution in [1.29, 1.82) is 0 Å². The van der Waals surface area contributed by atoms with Gasteiger partial charge in [-0.15, -0.1) is 0 Å². The Morgan fingerprint density at radius 1 is 1.12 bits per heavy atom. The van der Waals surface area contributed by atoms with E-state index in [1.165, 1.54) is 0 Å². The van der Waals surface area contributed by atoms with Gasteiger partial charge in [-0.2, -0.15) is 0 Å². The Hall–Kier alpha value is -2.04. The van der Waals surface area contributed by atoms with Gasteiger partial charge in [0.2, 0.25) is 0 Å². The lowest BCUT2D eigenvalue weighted by molar-refractivity contribution is 0.445. The van der Waals surface area contributed by atoms with Crippen LogP contribution in [0.3, 0.4) is 0 Å². The fraction of sp³-hybridized carbons (Fsp3) is 0.0833. The van der Waals surface area contributed by atoms with Crippen LogP contribution < -0.4 is 5.32 Å². The standard InChI is InChI=1S/C12H9F3N2/c13-10-4-8(5-11(14)12(10)15)6-17-9-2-1-3-16-7-9/h1-5,7,17H,6H2. The van der Waals surface area contributed by atoms with Gasteiger partial charge in [-0.1, -0.05) is 0 Å². The second kappa shape index (κ2) is 4.86. The van der Waals surface area contributed by atoms with E-state index in [0.717, 1.165) is 17.8 Å². The molecule has 0 aliphatic rings. The maximum Gasteiger partial charge on any atom is 0.194 e. The summed E-state index contributed by atoms with van der Waals surface area (Å²) in [4.78, 5) is 3.88. The molecule has 0 spiro atoms. The SMILES string of the molecule is Fc1cc(CNc2cccnc2)cc(F)c1F. The Morgan fingerprint density at radius 3 is 2.41 bits per heavy atom. The number of halogens is 3. The Kier molecular flexibility index (Phi) is 3.27. The molecule has 0 saturated carbocycles. The third-order valence-electron chi connectivity index (χ3n) is 2.20. The molecule has 17 heavy (non-hydrogen) atoms. The van der Waals surface area contributed by atoms with E-state index in [-0.39, 0.29) is 6.54 Å².